The van der Waals surface area contributed by atoms with E-state index in [1.54, 1.807) is 6.07 Å². The summed E-state index contributed by atoms with van der Waals surface area (Å²) in [6, 6.07) is 0.722. The van der Waals surface area contributed by atoms with Crippen molar-refractivity contribution in [3.8, 4) is 6.07 Å². The van der Waals surface area contributed by atoms with Gasteiger partial charge in [-0.3, -0.25) is 0 Å². The number of rotatable bonds is 3. The zero-order valence-electron chi connectivity index (χ0n) is 13.7. The smallest absolute Gasteiger partial charge is 0.141 e. The van der Waals surface area contributed by atoms with E-state index < -0.39 is 11.4 Å². The maximum atomic E-state index is 14.0. The highest BCUT2D eigenvalue weighted by Crippen LogP contribution is 2.37. The fraction of sp³-hybridized carbons (Fsp3) is 0.562. The van der Waals surface area contributed by atoms with E-state index in [1.807, 2.05) is 0 Å². The first-order chi connectivity index (χ1) is 10.0. The minimum absolute atomic E-state index is 0.0237. The van der Waals surface area contributed by atoms with Crippen LogP contribution in [0.25, 0.3) is 0 Å². The predicted octanol–water partition coefficient (Wildman–Crippen LogP) is 4.77. The van der Waals surface area contributed by atoms with Crippen molar-refractivity contribution in [1.82, 2.24) is 0 Å². The van der Waals surface area contributed by atoms with Gasteiger partial charge < -0.3 is 0 Å². The molecular weight excluding hydrogens is 225 g/mol. The monoisotopic (exact) mass is 248 g/mol. The van der Waals surface area contributed by atoms with Crippen LogP contribution < -0.4 is 0 Å². The van der Waals surface area contributed by atoms with Crippen molar-refractivity contribution in [2.75, 3.05) is 0 Å². The average molecular weight is 248 g/mol. The van der Waals surface area contributed by atoms with Gasteiger partial charge in [-0.1, -0.05) is 25.8 Å². The third-order valence-corrected chi connectivity index (χ3v) is 3.85. The lowest BCUT2D eigenvalue weighted by atomic mass is 9.77. The van der Waals surface area contributed by atoms with Crippen LogP contribution in [0.2, 0.25) is 0 Å². The Kier molecular flexibility index (Phi) is 3.18. The molecule has 0 radical (unpaired) electrons. The van der Waals surface area contributed by atoms with Gasteiger partial charge >= 0.3 is 0 Å². The Hall–Kier alpha value is -1.36. The van der Waals surface area contributed by atoms with Gasteiger partial charge in [-0.25, -0.2) is 4.39 Å². The molecule has 96 valence electrons. The quantitative estimate of drug-likeness (QED) is 0.755. The summed E-state index contributed by atoms with van der Waals surface area (Å²) >= 11 is 0. The Bertz CT molecular complexity index is 543. The topological polar surface area (TPSA) is 23.8 Å². The van der Waals surface area contributed by atoms with Crippen LogP contribution in [0.3, 0.4) is 0 Å². The van der Waals surface area contributed by atoms with Gasteiger partial charge in [0.15, 0.2) is 0 Å². The summed E-state index contributed by atoms with van der Waals surface area (Å²) in [7, 11) is 0. The van der Waals surface area contributed by atoms with Crippen LogP contribution in [0.15, 0.2) is 18.1 Å². The molecule has 1 fully saturated rings. The summed E-state index contributed by atoms with van der Waals surface area (Å²) in [6.45, 7) is 2.16. The van der Waals surface area contributed by atoms with Crippen molar-refractivity contribution >= 4 is 0 Å². The molecule has 2 heteroatoms. The van der Waals surface area contributed by atoms with Gasteiger partial charge in [0.25, 0.3) is 0 Å². The second-order valence-corrected chi connectivity index (χ2v) is 5.10. The molecule has 0 aromatic heterocycles. The first kappa shape index (κ1) is 9.55. The molecule has 0 bridgehead atoms. The number of nitrogens with zero attached hydrogens (tertiary/aromatic N) is 1. The minimum Gasteiger partial charge on any atom is -0.206 e. The first-order valence-corrected chi connectivity index (χ1v) is 6.70. The summed E-state index contributed by atoms with van der Waals surface area (Å²) in [6.07, 6.45) is 6.10. The van der Waals surface area contributed by atoms with Crippen LogP contribution in [-0.4, -0.2) is 0 Å². The van der Waals surface area contributed by atoms with Gasteiger partial charge in [0.1, 0.15) is 11.9 Å². The maximum absolute atomic E-state index is 14.0. The van der Waals surface area contributed by atoms with Crippen molar-refractivity contribution in [3.05, 3.63) is 35.1 Å². The van der Waals surface area contributed by atoms with E-state index >= 15 is 0 Å². The first-order valence-electron chi connectivity index (χ1n) is 8.20. The van der Waals surface area contributed by atoms with E-state index in [9.17, 15) is 4.39 Å². The Morgan fingerprint density at radius 2 is 2.11 bits per heavy atom. The zero-order valence-corrected chi connectivity index (χ0v) is 10.7. The molecule has 0 heterocycles. The van der Waals surface area contributed by atoms with Crippen molar-refractivity contribution in [3.63, 3.8) is 0 Å². The van der Waals surface area contributed by atoms with E-state index in [0.717, 1.165) is 32.1 Å². The summed E-state index contributed by atoms with van der Waals surface area (Å²) in [4.78, 5) is 0. The fourth-order valence-corrected chi connectivity index (χ4v) is 2.83. The average Bonchev–Trinajstić information content (AvgIpc) is 2.48. The number of hydrogen-bond donors (Lipinski definition) is 0. The van der Waals surface area contributed by atoms with Crippen LogP contribution in [0.4, 0.5) is 4.39 Å². The number of nitriles is 1. The lowest BCUT2D eigenvalue weighted by Crippen LogP contribution is -2.13. The molecule has 0 unspecified atom stereocenters. The van der Waals surface area contributed by atoms with Crippen LogP contribution in [0.1, 0.15) is 66.6 Å². The van der Waals surface area contributed by atoms with Crippen molar-refractivity contribution in [2.45, 2.75) is 51.4 Å². The highest BCUT2D eigenvalue weighted by atomic mass is 19.1. The zero-order chi connectivity index (χ0) is 15.6. The van der Waals surface area contributed by atoms with Gasteiger partial charge in [0.2, 0.25) is 0 Å². The number of benzene rings is 1. The Balaban J connectivity index is 2.32. The molecular formula is C16H20FN. The van der Waals surface area contributed by atoms with Crippen LogP contribution in [0, 0.1) is 23.1 Å². The molecule has 1 saturated carbocycles. The normalized spacial score (nSPS) is 25.9. The summed E-state index contributed by atoms with van der Waals surface area (Å²) in [5, 5.41) is 8.87. The van der Waals surface area contributed by atoms with E-state index in [-0.39, 0.29) is 24.0 Å². The van der Waals surface area contributed by atoms with Crippen molar-refractivity contribution in [2.24, 2.45) is 5.92 Å². The molecule has 0 N–H and O–H groups in total. The molecule has 1 aliphatic carbocycles. The van der Waals surface area contributed by atoms with Crippen molar-refractivity contribution < 1.29 is 8.50 Å². The lowest BCUT2D eigenvalue weighted by Gasteiger charge is -2.28. The van der Waals surface area contributed by atoms with E-state index in [2.05, 4.69) is 6.92 Å². The summed E-state index contributed by atoms with van der Waals surface area (Å²) in [5.41, 5.74) is -0.153. The molecule has 0 spiro atoms. The number of halogens is 1. The van der Waals surface area contributed by atoms with Crippen LogP contribution in [0.5, 0.6) is 0 Å². The predicted molar refractivity (Wildman–Crippen MR) is 70.7 cm³/mol. The molecule has 0 atom stereocenters. The molecule has 2 rings (SSSR count). The van der Waals surface area contributed by atoms with Gasteiger partial charge in [0.05, 0.1) is 9.68 Å². The summed E-state index contributed by atoms with van der Waals surface area (Å²) in [5.74, 6) is -0.276. The van der Waals surface area contributed by atoms with Crippen LogP contribution in [-0.2, 0) is 0 Å². The third-order valence-electron chi connectivity index (χ3n) is 3.85. The standard InChI is InChI=1S/C16H20FN/c1-2-3-12-4-6-13(7-5-12)14-8-9-15(11-18)16(17)10-14/h8-10,12-13H,2-7H2,1H3/i8D,9D,10D. The molecule has 1 aliphatic rings. The molecule has 1 nitrogen and oxygen atoms in total. The minimum atomic E-state index is -0.941. The summed E-state index contributed by atoms with van der Waals surface area (Å²) < 4.78 is 37.7. The van der Waals surface area contributed by atoms with Gasteiger partial charge in [-0.15, -0.1) is 0 Å². The maximum Gasteiger partial charge on any atom is 0.141 e. The van der Waals surface area contributed by atoms with E-state index in [1.165, 1.54) is 6.42 Å². The van der Waals surface area contributed by atoms with Crippen molar-refractivity contribution in [1.29, 1.82) is 5.26 Å². The highest BCUT2D eigenvalue weighted by molar-refractivity contribution is 5.34. The third kappa shape index (κ3) is 2.90. The fourth-order valence-electron chi connectivity index (χ4n) is 2.83. The Morgan fingerprint density at radius 3 is 2.72 bits per heavy atom. The van der Waals surface area contributed by atoms with Gasteiger partial charge in [0, 0.05) is 0 Å². The highest BCUT2D eigenvalue weighted by Gasteiger charge is 2.22. The molecule has 0 amide bonds. The largest absolute Gasteiger partial charge is 0.206 e. The second kappa shape index (κ2) is 6.00. The molecule has 0 aliphatic heterocycles. The molecule has 18 heavy (non-hydrogen) atoms. The van der Waals surface area contributed by atoms with Gasteiger partial charge in [-0.05, 0) is 55.2 Å². The molecule has 0 saturated heterocycles. The van der Waals surface area contributed by atoms with Gasteiger partial charge in [-0.2, -0.15) is 5.26 Å². The molecule has 1 aromatic rings. The number of hydrogen-bond acceptors (Lipinski definition) is 1. The van der Waals surface area contributed by atoms with E-state index in [0.29, 0.717) is 11.5 Å². The second-order valence-electron chi connectivity index (χ2n) is 5.10. The molecule has 1 aromatic carbocycles. The van der Waals surface area contributed by atoms with Crippen LogP contribution >= 0.6 is 0 Å². The van der Waals surface area contributed by atoms with E-state index in [4.69, 9.17) is 9.37 Å². The SMILES string of the molecule is [2H]c1c([2H])c(C2CCC(CCC)CC2)c([2H])c(F)c1C#N. The Labute approximate surface area is 113 Å². The Morgan fingerprint density at radius 1 is 1.39 bits per heavy atom. The lowest BCUT2D eigenvalue weighted by molar-refractivity contribution is 0.308.